The first kappa shape index (κ1) is 19.2. The minimum Gasteiger partial charge on any atom is -0.435 e. The van der Waals surface area contributed by atoms with Crippen LogP contribution in [0, 0.1) is 18.7 Å². The summed E-state index contributed by atoms with van der Waals surface area (Å²) < 4.78 is 20.6. The van der Waals surface area contributed by atoms with Gasteiger partial charge >= 0.3 is 0 Å². The molecule has 0 amide bonds. The SMILES string of the molecule is Cc1cc2c(F)c(Oc3ncnc(N)c3/C=N/OCC3CCCCC3)ccc2[nH]1. The van der Waals surface area contributed by atoms with E-state index in [1.165, 1.54) is 44.6 Å². The van der Waals surface area contributed by atoms with Gasteiger partial charge in [-0.05, 0) is 43.9 Å². The van der Waals surface area contributed by atoms with Crippen LogP contribution in [0.3, 0.4) is 0 Å². The molecule has 2 heterocycles. The summed E-state index contributed by atoms with van der Waals surface area (Å²) in [6.07, 6.45) is 8.80. The van der Waals surface area contributed by atoms with Crippen molar-refractivity contribution in [1.29, 1.82) is 0 Å². The van der Waals surface area contributed by atoms with E-state index < -0.39 is 5.82 Å². The van der Waals surface area contributed by atoms with Crippen molar-refractivity contribution in [3.05, 3.63) is 41.6 Å². The lowest BCUT2D eigenvalue weighted by Gasteiger charge is -2.19. The third-order valence-corrected chi connectivity index (χ3v) is 5.21. The molecule has 8 heteroatoms. The molecule has 0 bridgehead atoms. The highest BCUT2D eigenvalue weighted by atomic mass is 19.1. The van der Waals surface area contributed by atoms with Crippen LogP contribution in [0.2, 0.25) is 0 Å². The second-order valence-corrected chi connectivity index (χ2v) is 7.41. The molecule has 3 N–H and O–H groups in total. The Hall–Kier alpha value is -3.16. The van der Waals surface area contributed by atoms with Crippen molar-refractivity contribution in [2.45, 2.75) is 39.0 Å². The van der Waals surface area contributed by atoms with Crippen molar-refractivity contribution >= 4 is 22.9 Å². The summed E-state index contributed by atoms with van der Waals surface area (Å²) in [7, 11) is 0. The van der Waals surface area contributed by atoms with E-state index in [0.717, 1.165) is 5.69 Å². The monoisotopic (exact) mass is 397 g/mol. The Bertz CT molecular complexity index is 1030. The molecule has 1 aliphatic carbocycles. The number of benzene rings is 1. The number of fused-ring (bicyclic) bond motifs is 1. The molecule has 7 nitrogen and oxygen atoms in total. The van der Waals surface area contributed by atoms with Gasteiger partial charge in [-0.2, -0.15) is 0 Å². The molecule has 4 rings (SSSR count). The zero-order valence-corrected chi connectivity index (χ0v) is 16.3. The highest BCUT2D eigenvalue weighted by Gasteiger charge is 2.16. The summed E-state index contributed by atoms with van der Waals surface area (Å²) >= 11 is 0. The number of anilines is 1. The number of ether oxygens (including phenoxy) is 1. The molecule has 0 saturated heterocycles. The lowest BCUT2D eigenvalue weighted by Crippen LogP contribution is -2.11. The number of nitrogens with one attached hydrogen (secondary N) is 1. The van der Waals surface area contributed by atoms with Gasteiger partial charge in [0.1, 0.15) is 24.3 Å². The number of nitrogens with two attached hydrogens (primary N) is 1. The van der Waals surface area contributed by atoms with Gasteiger partial charge in [0.2, 0.25) is 5.88 Å². The van der Waals surface area contributed by atoms with Gasteiger partial charge in [-0.3, -0.25) is 0 Å². The van der Waals surface area contributed by atoms with Gasteiger partial charge in [-0.25, -0.2) is 14.4 Å². The standard InChI is InChI=1S/C21H24FN5O2/c1-13-9-15-17(27-13)7-8-18(19(15)22)29-21-16(20(23)24-12-25-21)10-26-28-11-14-5-3-2-4-6-14/h7-10,12,14,27H,2-6,11H2,1H3,(H2,23,24,25)/b26-10+. The quantitative estimate of drug-likeness (QED) is 0.464. The number of oxime groups is 1. The molecular formula is C21H24FN5O2. The highest BCUT2D eigenvalue weighted by molar-refractivity contribution is 5.88. The number of aryl methyl sites for hydroxylation is 1. The van der Waals surface area contributed by atoms with Crippen molar-refractivity contribution in [3.8, 4) is 11.6 Å². The van der Waals surface area contributed by atoms with Gasteiger partial charge in [0.05, 0.1) is 6.21 Å². The van der Waals surface area contributed by atoms with Crippen molar-refractivity contribution < 1.29 is 14.0 Å². The van der Waals surface area contributed by atoms with Crippen LogP contribution >= 0.6 is 0 Å². The molecule has 2 aromatic heterocycles. The molecule has 0 aliphatic heterocycles. The molecule has 0 unspecified atom stereocenters. The van der Waals surface area contributed by atoms with Gasteiger partial charge in [0.25, 0.3) is 0 Å². The van der Waals surface area contributed by atoms with Crippen LogP contribution in [-0.4, -0.2) is 27.8 Å². The lowest BCUT2D eigenvalue weighted by atomic mass is 9.90. The van der Waals surface area contributed by atoms with E-state index in [4.69, 9.17) is 15.3 Å². The van der Waals surface area contributed by atoms with Crippen molar-refractivity contribution in [3.63, 3.8) is 0 Å². The second kappa shape index (κ2) is 8.46. The van der Waals surface area contributed by atoms with E-state index in [2.05, 4.69) is 20.1 Å². The van der Waals surface area contributed by atoms with Crippen LogP contribution < -0.4 is 10.5 Å². The fourth-order valence-corrected chi connectivity index (χ4v) is 3.66. The summed E-state index contributed by atoms with van der Waals surface area (Å²) in [6.45, 7) is 2.44. The van der Waals surface area contributed by atoms with Gasteiger partial charge in [-0.15, -0.1) is 0 Å². The molecule has 29 heavy (non-hydrogen) atoms. The zero-order chi connectivity index (χ0) is 20.2. The average molecular weight is 397 g/mol. The van der Waals surface area contributed by atoms with Crippen molar-refractivity contribution in [2.24, 2.45) is 11.1 Å². The minimum absolute atomic E-state index is 0.0485. The van der Waals surface area contributed by atoms with Gasteiger partial charge in [0, 0.05) is 16.6 Å². The normalized spacial score (nSPS) is 15.2. The smallest absolute Gasteiger partial charge is 0.233 e. The minimum atomic E-state index is -0.472. The van der Waals surface area contributed by atoms with Crippen LogP contribution in [0.5, 0.6) is 11.6 Å². The summed E-state index contributed by atoms with van der Waals surface area (Å²) in [5, 5.41) is 4.46. The van der Waals surface area contributed by atoms with E-state index >= 15 is 0 Å². The number of nitrogens with zero attached hydrogens (tertiary/aromatic N) is 3. The Morgan fingerprint density at radius 1 is 1.28 bits per heavy atom. The summed E-state index contributed by atoms with van der Waals surface area (Å²) in [5.41, 5.74) is 7.87. The molecule has 1 saturated carbocycles. The summed E-state index contributed by atoms with van der Waals surface area (Å²) in [4.78, 5) is 16.6. The van der Waals surface area contributed by atoms with Crippen LogP contribution in [0.4, 0.5) is 10.2 Å². The Morgan fingerprint density at radius 3 is 2.93 bits per heavy atom. The van der Waals surface area contributed by atoms with Crippen LogP contribution in [0.1, 0.15) is 43.4 Å². The predicted molar refractivity (Wildman–Crippen MR) is 110 cm³/mol. The molecule has 0 spiro atoms. The van der Waals surface area contributed by atoms with Crippen LogP contribution in [0.25, 0.3) is 10.9 Å². The maximum Gasteiger partial charge on any atom is 0.233 e. The maximum atomic E-state index is 14.8. The number of halogens is 1. The first-order valence-electron chi connectivity index (χ1n) is 9.83. The lowest BCUT2D eigenvalue weighted by molar-refractivity contribution is 0.0928. The van der Waals surface area contributed by atoms with Crippen LogP contribution in [-0.2, 0) is 4.84 Å². The van der Waals surface area contributed by atoms with Gasteiger partial charge in [-0.1, -0.05) is 24.4 Å². The Labute approximate surface area is 168 Å². The second-order valence-electron chi connectivity index (χ2n) is 7.41. The number of aromatic nitrogens is 3. The van der Waals surface area contributed by atoms with E-state index in [9.17, 15) is 4.39 Å². The third kappa shape index (κ3) is 4.31. The first-order chi connectivity index (χ1) is 14.1. The number of rotatable bonds is 6. The highest BCUT2D eigenvalue weighted by Crippen LogP contribution is 2.31. The third-order valence-electron chi connectivity index (χ3n) is 5.21. The predicted octanol–water partition coefficient (Wildman–Crippen LogP) is 4.71. The number of nitrogen functional groups attached to an aromatic ring is 1. The maximum absolute atomic E-state index is 14.8. The molecular weight excluding hydrogens is 373 g/mol. The zero-order valence-electron chi connectivity index (χ0n) is 16.3. The number of hydrogen-bond acceptors (Lipinski definition) is 6. The molecule has 1 aromatic carbocycles. The van der Waals surface area contributed by atoms with Gasteiger partial charge < -0.3 is 20.3 Å². The molecule has 1 fully saturated rings. The average Bonchev–Trinajstić information content (AvgIpc) is 3.11. The Kier molecular flexibility index (Phi) is 5.59. The van der Waals surface area contributed by atoms with E-state index in [-0.39, 0.29) is 17.4 Å². The van der Waals surface area contributed by atoms with Crippen LogP contribution in [0.15, 0.2) is 29.7 Å². The number of hydrogen-bond donors (Lipinski definition) is 2. The Morgan fingerprint density at radius 2 is 2.10 bits per heavy atom. The molecule has 0 radical (unpaired) electrons. The topological polar surface area (TPSA) is 98.4 Å². The summed E-state index contributed by atoms with van der Waals surface area (Å²) in [6, 6.07) is 5.03. The van der Waals surface area contributed by atoms with E-state index in [0.29, 0.717) is 29.0 Å². The van der Waals surface area contributed by atoms with Crippen molar-refractivity contribution in [1.82, 2.24) is 15.0 Å². The first-order valence-corrected chi connectivity index (χ1v) is 9.83. The number of aromatic amines is 1. The molecule has 0 atom stereocenters. The molecule has 152 valence electrons. The van der Waals surface area contributed by atoms with Crippen molar-refractivity contribution in [2.75, 3.05) is 12.3 Å². The molecule has 1 aliphatic rings. The Balaban J connectivity index is 1.51. The number of H-pyrrole nitrogens is 1. The van der Waals surface area contributed by atoms with Gasteiger partial charge in [0.15, 0.2) is 11.6 Å². The van der Waals surface area contributed by atoms with E-state index in [1.807, 2.05) is 6.92 Å². The summed E-state index contributed by atoms with van der Waals surface area (Å²) in [5.74, 6) is 0.409. The fourth-order valence-electron chi connectivity index (χ4n) is 3.66. The molecule has 3 aromatic rings. The fraction of sp³-hybridized carbons (Fsp3) is 0.381. The van der Waals surface area contributed by atoms with E-state index in [1.54, 1.807) is 18.2 Å². The largest absolute Gasteiger partial charge is 0.435 e.